The van der Waals surface area contributed by atoms with Crippen LogP contribution in [0.1, 0.15) is 25.7 Å². The van der Waals surface area contributed by atoms with Gasteiger partial charge in [-0.1, -0.05) is 24.9 Å². The third kappa shape index (κ3) is 23.8. The highest BCUT2D eigenvalue weighted by atomic mass is 28.2. The van der Waals surface area contributed by atoms with E-state index in [0.29, 0.717) is 51.8 Å². The SMILES string of the molecule is O=C1OCC(CCC[SiH3])O1.O=C1OCC(COCCOC[SiH3])O1.[SiH3]CCCC1CO1.[SiH3]COCCOCC1CO1. The fourth-order valence-electron chi connectivity index (χ4n) is 3.17. The van der Waals surface area contributed by atoms with Crippen LogP contribution in [0.25, 0.3) is 0 Å². The second-order valence-electron chi connectivity index (χ2n) is 9.34. The van der Waals surface area contributed by atoms with Gasteiger partial charge in [0.05, 0.1) is 59.0 Å². The van der Waals surface area contributed by atoms with Crippen molar-refractivity contribution in [3.8, 4) is 0 Å². The van der Waals surface area contributed by atoms with E-state index in [2.05, 4.69) is 9.47 Å². The van der Waals surface area contributed by atoms with Crippen molar-refractivity contribution in [2.75, 3.05) is 78.5 Å². The minimum absolute atomic E-state index is 0.0430. The van der Waals surface area contributed by atoms with Gasteiger partial charge in [0.25, 0.3) is 0 Å². The van der Waals surface area contributed by atoms with E-state index in [0.717, 1.165) is 72.2 Å². The summed E-state index contributed by atoms with van der Waals surface area (Å²) in [5, 5.41) is 0. The largest absolute Gasteiger partial charge is 0.508 e. The maximum atomic E-state index is 10.5. The standard InChI is InChI=1S/C7H14O5Si.C6H14O3Si.C6H12O3Si.C5H12OSi/c8-7-11-4-6(12-7)3-9-1-2-10-5-13;10-5-8-2-1-7-3-6-4-9-6;7-6-8-4-5(9-6)2-1-3-10;7-3-1-2-5-4-6-5/h6H,1-5H2,13H3;6H,1-5H2,10H3;5H,1-4H2,10H3;5H,1-4H2,7H3. The minimum atomic E-state index is -0.607. The van der Waals surface area contributed by atoms with Gasteiger partial charge < -0.3 is 47.4 Å². The van der Waals surface area contributed by atoms with Gasteiger partial charge in [-0.05, 0) is 12.8 Å². The molecule has 0 saturated carbocycles. The smallest absolute Gasteiger partial charge is 0.430 e. The Morgan fingerprint density at radius 3 is 1.40 bits per heavy atom. The molecule has 12 nitrogen and oxygen atoms in total. The van der Waals surface area contributed by atoms with E-state index in [1.54, 1.807) is 0 Å². The van der Waals surface area contributed by atoms with Gasteiger partial charge in [-0.3, -0.25) is 0 Å². The van der Waals surface area contributed by atoms with E-state index in [4.69, 9.17) is 37.9 Å². The molecule has 0 aromatic carbocycles. The number of ether oxygens (including phenoxy) is 10. The minimum Gasteiger partial charge on any atom is -0.430 e. The van der Waals surface area contributed by atoms with Gasteiger partial charge in [-0.2, -0.15) is 0 Å². The quantitative estimate of drug-likeness (QED) is 0.0685. The molecule has 40 heavy (non-hydrogen) atoms. The third-order valence-electron chi connectivity index (χ3n) is 5.62. The van der Waals surface area contributed by atoms with Crippen LogP contribution in [0.5, 0.6) is 0 Å². The lowest BCUT2D eigenvalue weighted by Crippen LogP contribution is -2.19. The molecule has 4 saturated heterocycles. The molecular formula is C24H52O12Si4. The predicted molar refractivity (Wildman–Crippen MR) is 163 cm³/mol. The van der Waals surface area contributed by atoms with Crippen LogP contribution in [0.15, 0.2) is 0 Å². The van der Waals surface area contributed by atoms with Gasteiger partial charge in [-0.15, -0.1) is 0 Å². The van der Waals surface area contributed by atoms with Crippen molar-refractivity contribution in [2.24, 2.45) is 0 Å². The Morgan fingerprint density at radius 1 is 0.575 bits per heavy atom. The van der Waals surface area contributed by atoms with E-state index in [1.807, 2.05) is 0 Å². The summed E-state index contributed by atoms with van der Waals surface area (Å²) in [6, 6.07) is 2.72. The van der Waals surface area contributed by atoms with E-state index in [-0.39, 0.29) is 12.2 Å². The molecule has 4 fully saturated rings. The van der Waals surface area contributed by atoms with Crippen molar-refractivity contribution in [2.45, 2.75) is 62.2 Å². The van der Waals surface area contributed by atoms with Gasteiger partial charge in [0.1, 0.15) is 25.4 Å². The van der Waals surface area contributed by atoms with Crippen molar-refractivity contribution in [3.05, 3.63) is 0 Å². The highest BCUT2D eigenvalue weighted by Crippen LogP contribution is 2.15. The summed E-state index contributed by atoms with van der Waals surface area (Å²) in [7, 11) is 4.76. The normalized spacial score (nSPS) is 23.9. The van der Waals surface area contributed by atoms with E-state index in [1.165, 1.54) is 45.4 Å². The van der Waals surface area contributed by atoms with E-state index >= 15 is 0 Å². The molecule has 0 aromatic rings. The lowest BCUT2D eigenvalue weighted by Gasteiger charge is -2.07. The Balaban J connectivity index is 0.000000272. The number of rotatable bonds is 18. The number of carbonyl (C=O) groups excluding carboxylic acids is 2. The van der Waals surface area contributed by atoms with Crippen LogP contribution in [-0.4, -0.2) is 156 Å². The summed E-state index contributed by atoms with van der Waals surface area (Å²) in [5.41, 5.74) is 0. The van der Waals surface area contributed by atoms with Gasteiger partial charge >= 0.3 is 12.3 Å². The molecule has 4 unspecified atom stereocenters. The molecule has 0 amide bonds. The molecule has 0 aromatic heterocycles. The van der Waals surface area contributed by atoms with Crippen molar-refractivity contribution in [3.63, 3.8) is 0 Å². The van der Waals surface area contributed by atoms with Crippen LogP contribution in [0, 0.1) is 0 Å². The summed E-state index contributed by atoms with van der Waals surface area (Å²) in [4.78, 5) is 20.8. The first kappa shape index (κ1) is 37.2. The summed E-state index contributed by atoms with van der Waals surface area (Å²) >= 11 is 0. The second-order valence-corrected chi connectivity index (χ2v) is 12.5. The zero-order valence-electron chi connectivity index (χ0n) is 24.9. The van der Waals surface area contributed by atoms with Crippen molar-refractivity contribution in [1.29, 1.82) is 0 Å². The van der Waals surface area contributed by atoms with Crippen LogP contribution in [0.3, 0.4) is 0 Å². The molecule has 16 heteroatoms. The highest BCUT2D eigenvalue weighted by molar-refractivity contribution is 6.08. The monoisotopic (exact) mass is 644 g/mol. The zero-order valence-corrected chi connectivity index (χ0v) is 32.9. The van der Waals surface area contributed by atoms with Gasteiger partial charge in [-0.25, -0.2) is 9.59 Å². The van der Waals surface area contributed by atoms with Crippen molar-refractivity contribution < 1.29 is 57.0 Å². The average Bonchev–Trinajstić information content (AvgIpc) is 3.88. The summed E-state index contributed by atoms with van der Waals surface area (Å²) < 4.78 is 49.4. The van der Waals surface area contributed by atoms with Crippen molar-refractivity contribution >= 4 is 53.3 Å². The fourth-order valence-corrected chi connectivity index (χ4v) is 4.56. The molecule has 236 valence electrons. The molecule has 4 aliphatic rings. The average molecular weight is 645 g/mol. The van der Waals surface area contributed by atoms with Crippen LogP contribution < -0.4 is 0 Å². The van der Waals surface area contributed by atoms with E-state index < -0.39 is 12.3 Å². The van der Waals surface area contributed by atoms with E-state index in [9.17, 15) is 9.59 Å². The van der Waals surface area contributed by atoms with Gasteiger partial charge in [0, 0.05) is 53.4 Å². The lowest BCUT2D eigenvalue weighted by molar-refractivity contribution is 0.0187. The predicted octanol–water partition coefficient (Wildman–Crippen LogP) is -2.35. The number of hydrogen-bond acceptors (Lipinski definition) is 12. The van der Waals surface area contributed by atoms with Crippen molar-refractivity contribution in [1.82, 2.24) is 0 Å². The van der Waals surface area contributed by atoms with Crippen LogP contribution in [0.2, 0.25) is 12.1 Å². The summed E-state index contributed by atoms with van der Waals surface area (Å²) in [6.07, 6.45) is 6.33. The van der Waals surface area contributed by atoms with Gasteiger partial charge in [0.2, 0.25) is 0 Å². The molecule has 4 rings (SSSR count). The number of carbonyl (C=O) groups is 2. The fraction of sp³-hybridized carbons (Fsp3) is 0.917. The first-order chi connectivity index (χ1) is 19.5. The van der Waals surface area contributed by atoms with Crippen LogP contribution in [-0.2, 0) is 47.4 Å². The number of epoxide rings is 2. The lowest BCUT2D eigenvalue weighted by atomic mass is 10.2. The summed E-state index contributed by atoms with van der Waals surface area (Å²) in [6.45, 7) is 6.38. The Labute approximate surface area is 250 Å². The van der Waals surface area contributed by atoms with Crippen LogP contribution >= 0.6 is 0 Å². The Bertz CT molecular complexity index is 629. The maximum absolute atomic E-state index is 10.5. The molecule has 0 aliphatic carbocycles. The second kappa shape index (κ2) is 25.8. The number of cyclic esters (lactones) is 4. The van der Waals surface area contributed by atoms with Gasteiger partial charge in [0.15, 0.2) is 6.10 Å². The Kier molecular flexibility index (Phi) is 24.0. The molecule has 0 radical (unpaired) electrons. The first-order valence-corrected chi connectivity index (χ1v) is 20.4. The molecule has 0 spiro atoms. The third-order valence-corrected chi connectivity index (χ3v) is 7.85. The molecule has 0 N–H and O–H groups in total. The number of hydrogen-bond donors (Lipinski definition) is 0. The highest BCUT2D eigenvalue weighted by Gasteiger charge is 2.25. The Hall–Kier alpha value is -0.832. The van der Waals surface area contributed by atoms with Crippen LogP contribution in [0.4, 0.5) is 9.59 Å². The zero-order chi connectivity index (χ0) is 29.3. The molecule has 4 heterocycles. The topological polar surface area (TPSA) is 133 Å². The molecule has 0 bridgehead atoms. The maximum Gasteiger partial charge on any atom is 0.508 e. The molecule has 4 aliphatic heterocycles. The molecular weight excluding hydrogens is 593 g/mol. The summed E-state index contributed by atoms with van der Waals surface area (Å²) in [5.74, 6) is 0. The Morgan fingerprint density at radius 2 is 1.00 bits per heavy atom. The first-order valence-electron chi connectivity index (χ1n) is 14.7. The molecule has 4 atom stereocenters.